The first-order chi connectivity index (χ1) is 11.1. The first-order valence-corrected chi connectivity index (χ1v) is 7.95. The topological polar surface area (TPSA) is 78.4 Å². The van der Waals surface area contributed by atoms with E-state index in [4.69, 9.17) is 0 Å². The van der Waals surface area contributed by atoms with Gasteiger partial charge in [-0.2, -0.15) is 8.78 Å². The molecule has 5 nitrogen and oxygen atoms in total. The van der Waals surface area contributed by atoms with Gasteiger partial charge in [-0.3, -0.25) is 9.59 Å². The Labute approximate surface area is 139 Å². The Morgan fingerprint density at radius 3 is 2.08 bits per heavy atom. The molecule has 24 heavy (non-hydrogen) atoms. The number of anilines is 2. The Hall–Kier alpha value is -2.02. The summed E-state index contributed by atoms with van der Waals surface area (Å²) in [4.78, 5) is 23.4. The lowest BCUT2D eigenvalue weighted by atomic mass is 9.75. The van der Waals surface area contributed by atoms with Gasteiger partial charge in [-0.15, -0.1) is 0 Å². The quantitative estimate of drug-likeness (QED) is 0.744. The van der Waals surface area contributed by atoms with Crippen molar-refractivity contribution in [3.05, 3.63) is 24.3 Å². The van der Waals surface area contributed by atoms with Crippen LogP contribution in [-0.4, -0.2) is 28.4 Å². The number of hydrogen-bond donors (Lipinski definition) is 3. The molecule has 0 saturated heterocycles. The Bertz CT molecular complexity index is 611. The van der Waals surface area contributed by atoms with Gasteiger partial charge in [0.25, 0.3) is 5.91 Å². The molecule has 0 unspecified atom stereocenters. The summed E-state index contributed by atoms with van der Waals surface area (Å²) in [5.41, 5.74) is -1.56. The summed E-state index contributed by atoms with van der Waals surface area (Å²) in [6, 6.07) is 5.88. The fraction of sp³-hybridized carbons (Fsp3) is 0.529. The van der Waals surface area contributed by atoms with E-state index in [1.807, 2.05) is 13.8 Å². The van der Waals surface area contributed by atoms with Crippen LogP contribution < -0.4 is 10.6 Å². The normalized spacial score (nSPS) is 16.4. The molecule has 7 heteroatoms. The number of benzene rings is 1. The Morgan fingerprint density at radius 1 is 1.17 bits per heavy atom. The fourth-order valence-electron chi connectivity index (χ4n) is 2.47. The van der Waals surface area contributed by atoms with Crippen molar-refractivity contribution < 1.29 is 23.5 Å². The van der Waals surface area contributed by atoms with Crippen LogP contribution in [0, 0.1) is 5.92 Å². The van der Waals surface area contributed by atoms with Crippen LogP contribution >= 0.6 is 0 Å². The van der Waals surface area contributed by atoms with Crippen molar-refractivity contribution in [2.24, 2.45) is 5.92 Å². The second-order valence-electron chi connectivity index (χ2n) is 6.64. The van der Waals surface area contributed by atoms with Gasteiger partial charge in [0.1, 0.15) is 5.60 Å². The highest BCUT2D eigenvalue weighted by atomic mass is 19.3. The van der Waals surface area contributed by atoms with Crippen LogP contribution in [-0.2, 0) is 9.59 Å². The molecule has 0 heterocycles. The molecule has 1 aliphatic rings. The van der Waals surface area contributed by atoms with Crippen LogP contribution in [0.3, 0.4) is 0 Å². The van der Waals surface area contributed by atoms with Gasteiger partial charge in [0.15, 0.2) is 0 Å². The molecule has 0 atom stereocenters. The molecule has 1 fully saturated rings. The zero-order valence-electron chi connectivity index (χ0n) is 13.7. The summed E-state index contributed by atoms with van der Waals surface area (Å²) in [7, 11) is 0. The number of aliphatic hydroxyl groups is 1. The largest absolute Gasteiger partial charge is 0.383 e. The number of halogens is 2. The van der Waals surface area contributed by atoms with Crippen molar-refractivity contribution in [1.82, 2.24) is 0 Å². The second kappa shape index (κ2) is 6.84. The number of carbonyl (C=O) groups is 2. The molecule has 1 aliphatic carbocycles. The van der Waals surface area contributed by atoms with Crippen molar-refractivity contribution in [3.8, 4) is 0 Å². The van der Waals surface area contributed by atoms with Gasteiger partial charge in [0, 0.05) is 17.8 Å². The maximum absolute atomic E-state index is 14.0. The van der Waals surface area contributed by atoms with E-state index in [0.717, 1.165) is 0 Å². The predicted molar refractivity (Wildman–Crippen MR) is 86.9 cm³/mol. The predicted octanol–water partition coefficient (Wildman–Crippen LogP) is 3.16. The van der Waals surface area contributed by atoms with E-state index < -0.39 is 17.4 Å². The van der Waals surface area contributed by atoms with E-state index in [1.54, 1.807) is 0 Å². The first-order valence-electron chi connectivity index (χ1n) is 7.95. The van der Waals surface area contributed by atoms with Gasteiger partial charge >= 0.3 is 5.92 Å². The lowest BCUT2D eigenvalue weighted by Crippen LogP contribution is -2.59. The van der Waals surface area contributed by atoms with Gasteiger partial charge < -0.3 is 15.7 Å². The van der Waals surface area contributed by atoms with Crippen molar-refractivity contribution in [3.63, 3.8) is 0 Å². The number of carbonyl (C=O) groups excluding carboxylic acids is 2. The molecule has 2 rings (SSSR count). The number of nitrogens with one attached hydrogen (secondary N) is 2. The Kier molecular flexibility index (Phi) is 5.22. The smallest absolute Gasteiger partial charge is 0.352 e. The van der Waals surface area contributed by atoms with Gasteiger partial charge in [0.2, 0.25) is 5.91 Å². The number of alkyl halides is 2. The average Bonchev–Trinajstić information content (AvgIpc) is 2.45. The first kappa shape index (κ1) is 18.3. The van der Waals surface area contributed by atoms with E-state index in [2.05, 4.69) is 10.6 Å². The van der Waals surface area contributed by atoms with Crippen molar-refractivity contribution in [2.75, 3.05) is 10.6 Å². The van der Waals surface area contributed by atoms with E-state index in [1.165, 1.54) is 24.3 Å². The molecule has 1 aromatic rings. The van der Waals surface area contributed by atoms with E-state index in [9.17, 15) is 23.5 Å². The van der Waals surface area contributed by atoms with E-state index in [0.29, 0.717) is 18.5 Å². The molecular weight excluding hydrogens is 318 g/mol. The van der Waals surface area contributed by atoms with Gasteiger partial charge in [-0.05, 0) is 49.4 Å². The summed E-state index contributed by atoms with van der Waals surface area (Å²) in [5, 5.41) is 14.5. The number of amides is 2. The Balaban J connectivity index is 1.96. The molecule has 2 amide bonds. The molecular formula is C17H22F2N2O3. The van der Waals surface area contributed by atoms with Crippen LogP contribution in [0.25, 0.3) is 0 Å². The van der Waals surface area contributed by atoms with E-state index >= 15 is 0 Å². The summed E-state index contributed by atoms with van der Waals surface area (Å²) >= 11 is 0. The average molecular weight is 340 g/mol. The SMILES string of the molecule is CC(C)CC(=O)Nc1ccc(NC(=O)C(F)(F)C2(O)CCC2)cc1. The minimum Gasteiger partial charge on any atom is -0.383 e. The van der Waals surface area contributed by atoms with Crippen molar-refractivity contribution >= 4 is 23.2 Å². The number of rotatable bonds is 6. The van der Waals surface area contributed by atoms with E-state index in [-0.39, 0.29) is 30.4 Å². The van der Waals surface area contributed by atoms with Crippen LogP contribution in [0.2, 0.25) is 0 Å². The van der Waals surface area contributed by atoms with Crippen LogP contribution in [0.15, 0.2) is 24.3 Å². The highest BCUT2D eigenvalue weighted by molar-refractivity contribution is 5.97. The monoisotopic (exact) mass is 340 g/mol. The molecule has 0 aromatic heterocycles. The second-order valence-corrected chi connectivity index (χ2v) is 6.64. The maximum atomic E-state index is 14.0. The molecule has 0 bridgehead atoms. The highest BCUT2D eigenvalue weighted by Crippen LogP contribution is 2.44. The van der Waals surface area contributed by atoms with Gasteiger partial charge in [-0.25, -0.2) is 0 Å². The zero-order valence-corrected chi connectivity index (χ0v) is 13.7. The molecule has 1 saturated carbocycles. The third-order valence-corrected chi connectivity index (χ3v) is 4.07. The third-order valence-electron chi connectivity index (χ3n) is 4.07. The van der Waals surface area contributed by atoms with Crippen LogP contribution in [0.4, 0.5) is 20.2 Å². The zero-order chi connectivity index (χ0) is 18.0. The number of hydrogen-bond acceptors (Lipinski definition) is 3. The standard InChI is InChI=1S/C17H22F2N2O3/c1-11(2)10-14(22)20-12-4-6-13(7-5-12)21-15(23)17(18,19)16(24)8-3-9-16/h4-7,11,24H,3,8-10H2,1-2H3,(H,20,22)(H,21,23). The summed E-state index contributed by atoms with van der Waals surface area (Å²) < 4.78 is 28.0. The third kappa shape index (κ3) is 3.90. The molecule has 3 N–H and O–H groups in total. The summed E-state index contributed by atoms with van der Waals surface area (Å²) in [6.07, 6.45) is 0.677. The summed E-state index contributed by atoms with van der Waals surface area (Å²) in [6.45, 7) is 3.85. The molecule has 0 spiro atoms. The maximum Gasteiger partial charge on any atom is 0.352 e. The van der Waals surface area contributed by atoms with Crippen LogP contribution in [0.5, 0.6) is 0 Å². The van der Waals surface area contributed by atoms with Gasteiger partial charge in [0.05, 0.1) is 0 Å². The highest BCUT2D eigenvalue weighted by Gasteiger charge is 2.61. The van der Waals surface area contributed by atoms with Gasteiger partial charge in [-0.1, -0.05) is 13.8 Å². The van der Waals surface area contributed by atoms with Crippen molar-refractivity contribution in [2.45, 2.75) is 51.1 Å². The molecule has 0 aliphatic heterocycles. The summed E-state index contributed by atoms with van der Waals surface area (Å²) in [5.74, 6) is -5.28. The van der Waals surface area contributed by atoms with Crippen molar-refractivity contribution in [1.29, 1.82) is 0 Å². The molecule has 132 valence electrons. The van der Waals surface area contributed by atoms with Crippen LogP contribution in [0.1, 0.15) is 39.5 Å². The Morgan fingerprint density at radius 2 is 1.67 bits per heavy atom. The lowest BCUT2D eigenvalue weighted by molar-refractivity contribution is -0.212. The fourth-order valence-corrected chi connectivity index (χ4v) is 2.47. The molecule has 0 radical (unpaired) electrons. The minimum atomic E-state index is -3.84. The lowest BCUT2D eigenvalue weighted by Gasteiger charge is -2.41. The molecule has 1 aromatic carbocycles. The minimum absolute atomic E-state index is 0.0890.